The highest BCUT2D eigenvalue weighted by Gasteiger charge is 2.27. The molecule has 0 aliphatic carbocycles. The zero-order chi connectivity index (χ0) is 20.9. The van der Waals surface area contributed by atoms with Crippen molar-refractivity contribution in [1.29, 1.82) is 0 Å². The summed E-state index contributed by atoms with van der Waals surface area (Å²) in [6.45, 7) is 7.26. The lowest BCUT2D eigenvalue weighted by Gasteiger charge is -2.35. The third-order valence-corrected chi connectivity index (χ3v) is 6.41. The molecule has 0 spiro atoms. The van der Waals surface area contributed by atoms with Crippen LogP contribution in [0, 0.1) is 6.92 Å². The number of pyridine rings is 1. The molecule has 5 nitrogen and oxygen atoms in total. The summed E-state index contributed by atoms with van der Waals surface area (Å²) in [4.78, 5) is 21.9. The second-order valence-electron chi connectivity index (χ2n) is 8.38. The number of aromatic nitrogens is 1. The molecule has 0 bridgehead atoms. The molecular weight excluding hydrogens is 398 g/mol. The molecule has 4 rings (SSSR count). The smallest absolute Gasteiger partial charge is 0.236 e. The number of halogens is 1. The first-order chi connectivity index (χ1) is 14.6. The maximum absolute atomic E-state index is 12.9. The first-order valence-corrected chi connectivity index (χ1v) is 11.2. The van der Waals surface area contributed by atoms with Crippen LogP contribution in [0.4, 0.5) is 0 Å². The number of benzene rings is 1. The second-order valence-corrected chi connectivity index (χ2v) is 8.78. The van der Waals surface area contributed by atoms with Crippen LogP contribution in [0.3, 0.4) is 0 Å². The van der Waals surface area contributed by atoms with Gasteiger partial charge in [0, 0.05) is 48.5 Å². The van der Waals surface area contributed by atoms with E-state index in [2.05, 4.69) is 23.1 Å². The molecule has 6 heteroatoms. The first-order valence-electron chi connectivity index (χ1n) is 10.9. The molecule has 1 atom stereocenters. The summed E-state index contributed by atoms with van der Waals surface area (Å²) in [6.07, 6.45) is 2.89. The zero-order valence-electron chi connectivity index (χ0n) is 17.6. The molecule has 0 saturated carbocycles. The minimum Gasteiger partial charge on any atom is -0.379 e. The van der Waals surface area contributed by atoms with Gasteiger partial charge in [-0.05, 0) is 55.5 Å². The molecule has 160 valence electrons. The number of likely N-dealkylation sites (tertiary alicyclic amines) is 1. The van der Waals surface area contributed by atoms with Crippen molar-refractivity contribution in [3.8, 4) is 0 Å². The average Bonchev–Trinajstić information content (AvgIpc) is 2.76. The highest BCUT2D eigenvalue weighted by Crippen LogP contribution is 2.28. The van der Waals surface area contributed by atoms with Gasteiger partial charge in [0.15, 0.2) is 0 Å². The number of rotatable bonds is 5. The van der Waals surface area contributed by atoms with Crippen molar-refractivity contribution in [2.24, 2.45) is 0 Å². The fourth-order valence-corrected chi connectivity index (χ4v) is 4.64. The largest absolute Gasteiger partial charge is 0.379 e. The quantitative estimate of drug-likeness (QED) is 0.730. The summed E-state index contributed by atoms with van der Waals surface area (Å²) in [5.41, 5.74) is 4.47. The normalized spacial score (nSPS) is 20.3. The molecular formula is C24H30ClN3O2. The molecule has 1 amide bonds. The van der Waals surface area contributed by atoms with E-state index < -0.39 is 0 Å². The van der Waals surface area contributed by atoms with Crippen molar-refractivity contribution in [3.05, 3.63) is 63.9 Å². The number of ether oxygens (including phenoxy) is 1. The fraction of sp³-hybridized carbons (Fsp3) is 0.500. The van der Waals surface area contributed by atoms with Crippen LogP contribution in [0.2, 0.25) is 5.02 Å². The molecule has 0 radical (unpaired) electrons. The van der Waals surface area contributed by atoms with E-state index in [4.69, 9.17) is 21.3 Å². The lowest BCUT2D eigenvalue weighted by atomic mass is 9.92. The van der Waals surface area contributed by atoms with E-state index in [0.717, 1.165) is 80.6 Å². The Hall–Kier alpha value is -1.95. The van der Waals surface area contributed by atoms with Crippen molar-refractivity contribution < 1.29 is 9.53 Å². The minimum absolute atomic E-state index is 0.227. The van der Waals surface area contributed by atoms with Gasteiger partial charge in [-0.1, -0.05) is 29.8 Å². The lowest BCUT2D eigenvalue weighted by molar-refractivity contribution is -0.134. The van der Waals surface area contributed by atoms with Gasteiger partial charge in [0.1, 0.15) is 0 Å². The van der Waals surface area contributed by atoms with Crippen LogP contribution in [0.1, 0.15) is 41.3 Å². The second kappa shape index (κ2) is 9.90. The number of morpholine rings is 1. The predicted molar refractivity (Wildman–Crippen MR) is 119 cm³/mol. The van der Waals surface area contributed by atoms with Gasteiger partial charge >= 0.3 is 0 Å². The van der Waals surface area contributed by atoms with Crippen LogP contribution in [0.25, 0.3) is 0 Å². The van der Waals surface area contributed by atoms with E-state index in [9.17, 15) is 4.79 Å². The molecule has 1 aromatic heterocycles. The number of amides is 1. The highest BCUT2D eigenvalue weighted by atomic mass is 35.5. The molecule has 0 unspecified atom stereocenters. The summed E-state index contributed by atoms with van der Waals surface area (Å²) >= 11 is 6.36. The minimum atomic E-state index is 0.227. The van der Waals surface area contributed by atoms with Gasteiger partial charge in [-0.3, -0.25) is 14.7 Å². The highest BCUT2D eigenvalue weighted by molar-refractivity contribution is 6.31. The van der Waals surface area contributed by atoms with Crippen molar-refractivity contribution in [2.75, 3.05) is 45.9 Å². The third kappa shape index (κ3) is 5.39. The molecule has 0 N–H and O–H groups in total. The van der Waals surface area contributed by atoms with Gasteiger partial charge < -0.3 is 9.64 Å². The van der Waals surface area contributed by atoms with E-state index in [-0.39, 0.29) is 11.8 Å². The Balaban J connectivity index is 1.44. The molecule has 2 saturated heterocycles. The van der Waals surface area contributed by atoms with Crippen LogP contribution in [-0.2, 0) is 16.0 Å². The average molecular weight is 428 g/mol. The van der Waals surface area contributed by atoms with Crippen molar-refractivity contribution >= 4 is 17.5 Å². The number of hydrogen-bond acceptors (Lipinski definition) is 4. The first kappa shape index (κ1) is 21.3. The fourth-order valence-electron chi connectivity index (χ4n) is 4.44. The van der Waals surface area contributed by atoms with Crippen LogP contribution >= 0.6 is 11.6 Å². The van der Waals surface area contributed by atoms with E-state index >= 15 is 0 Å². The number of carbonyl (C=O) groups is 1. The van der Waals surface area contributed by atoms with Crippen LogP contribution in [0.5, 0.6) is 0 Å². The van der Waals surface area contributed by atoms with Gasteiger partial charge in [0.05, 0.1) is 19.8 Å². The topological polar surface area (TPSA) is 45.7 Å². The van der Waals surface area contributed by atoms with E-state index in [1.807, 2.05) is 30.0 Å². The van der Waals surface area contributed by atoms with Crippen LogP contribution in [0.15, 0.2) is 36.4 Å². The maximum atomic E-state index is 12.9. The maximum Gasteiger partial charge on any atom is 0.236 e. The van der Waals surface area contributed by atoms with Gasteiger partial charge in [0.25, 0.3) is 0 Å². The molecule has 2 fully saturated rings. The van der Waals surface area contributed by atoms with Crippen molar-refractivity contribution in [3.63, 3.8) is 0 Å². The van der Waals surface area contributed by atoms with E-state index in [1.54, 1.807) is 0 Å². The van der Waals surface area contributed by atoms with Crippen molar-refractivity contribution in [1.82, 2.24) is 14.8 Å². The van der Waals surface area contributed by atoms with E-state index in [0.29, 0.717) is 6.54 Å². The predicted octanol–water partition coefficient (Wildman–Crippen LogP) is 3.67. The summed E-state index contributed by atoms with van der Waals surface area (Å²) in [5, 5.41) is 0.797. The van der Waals surface area contributed by atoms with Gasteiger partial charge in [-0.15, -0.1) is 0 Å². The standard InChI is InChI=1S/C24H30ClN3O2/c1-18-13-19(14-20-5-2-3-7-22(20)25)15-23(26-18)21-6-4-8-28(16-21)24(29)17-27-9-11-30-12-10-27/h2-3,5,7,13,15,21H,4,6,8-12,14,16-17H2,1H3/t21-/m1/s1. The summed E-state index contributed by atoms with van der Waals surface area (Å²) < 4.78 is 5.39. The number of hydrogen-bond donors (Lipinski definition) is 0. The SMILES string of the molecule is Cc1cc(Cc2ccccc2Cl)cc([C@@H]2CCCN(C(=O)CN3CCOCC3)C2)n1. The molecule has 2 aliphatic rings. The van der Waals surface area contributed by atoms with E-state index in [1.165, 1.54) is 5.56 Å². The molecule has 2 aliphatic heterocycles. The lowest BCUT2D eigenvalue weighted by Crippen LogP contribution is -2.47. The monoisotopic (exact) mass is 427 g/mol. The van der Waals surface area contributed by atoms with Crippen LogP contribution in [-0.4, -0.2) is 66.6 Å². The summed E-state index contributed by atoms with van der Waals surface area (Å²) in [7, 11) is 0. The van der Waals surface area contributed by atoms with Gasteiger partial charge in [-0.2, -0.15) is 0 Å². The zero-order valence-corrected chi connectivity index (χ0v) is 18.4. The Morgan fingerprint density at radius 3 is 2.80 bits per heavy atom. The number of carbonyl (C=O) groups excluding carboxylic acids is 1. The summed E-state index contributed by atoms with van der Waals surface area (Å²) in [6, 6.07) is 12.3. The number of nitrogens with zero attached hydrogens (tertiary/aromatic N) is 3. The Morgan fingerprint density at radius 1 is 1.20 bits per heavy atom. The summed E-state index contributed by atoms with van der Waals surface area (Å²) in [5.74, 6) is 0.517. The molecule has 2 aromatic rings. The van der Waals surface area contributed by atoms with Gasteiger partial charge in [0.2, 0.25) is 5.91 Å². The molecule has 30 heavy (non-hydrogen) atoms. The number of aryl methyl sites for hydroxylation is 1. The Morgan fingerprint density at radius 2 is 2.00 bits per heavy atom. The Bertz CT molecular complexity index is 883. The van der Waals surface area contributed by atoms with Crippen molar-refractivity contribution in [2.45, 2.75) is 32.1 Å². The Kier molecular flexibility index (Phi) is 7.03. The Labute approximate surface area is 184 Å². The third-order valence-electron chi connectivity index (χ3n) is 6.04. The number of piperidine rings is 1. The molecule has 1 aromatic carbocycles. The van der Waals surface area contributed by atoms with Crippen LogP contribution < -0.4 is 0 Å². The molecule has 3 heterocycles. The van der Waals surface area contributed by atoms with Gasteiger partial charge in [-0.25, -0.2) is 0 Å².